The molecule has 2 aromatic carbocycles. The van der Waals surface area contributed by atoms with Crippen LogP contribution >= 0.6 is 0 Å². The van der Waals surface area contributed by atoms with Gasteiger partial charge in [-0.25, -0.2) is 9.97 Å². The van der Waals surface area contributed by atoms with Gasteiger partial charge in [0, 0.05) is 41.6 Å². The molecule has 0 aliphatic rings. The molecule has 3 aromatic heterocycles. The molecule has 6 heteroatoms. The maximum absolute atomic E-state index is 4.86. The van der Waals surface area contributed by atoms with Gasteiger partial charge >= 0.3 is 0 Å². The standard InChI is InChI=1S/C25H19N6/c1-3-8-19(9-4-1)17-31-18-22(24(30-31)20-10-7-14-26-16-20)23-13-15-27-25(29-23)28-21-11-5-2-6-12-21/h1,3-16,18H,17H2,(H,27,28,29). The third-order valence-electron chi connectivity index (χ3n) is 4.79. The lowest BCUT2D eigenvalue weighted by Gasteiger charge is -2.06. The van der Waals surface area contributed by atoms with Gasteiger partial charge in [0.2, 0.25) is 5.95 Å². The summed E-state index contributed by atoms with van der Waals surface area (Å²) in [4.78, 5) is 13.4. The van der Waals surface area contributed by atoms with Crippen LogP contribution in [0.1, 0.15) is 5.56 Å². The van der Waals surface area contributed by atoms with Crippen molar-refractivity contribution in [2.75, 3.05) is 5.32 Å². The number of nitrogens with one attached hydrogen (secondary N) is 1. The fourth-order valence-electron chi connectivity index (χ4n) is 3.34. The van der Waals surface area contributed by atoms with E-state index in [0.29, 0.717) is 12.5 Å². The van der Waals surface area contributed by atoms with Crippen LogP contribution in [0.25, 0.3) is 22.5 Å². The first-order valence-electron chi connectivity index (χ1n) is 9.93. The number of nitrogens with zero attached hydrogens (tertiary/aromatic N) is 5. The van der Waals surface area contributed by atoms with Crippen LogP contribution in [-0.2, 0) is 6.54 Å². The van der Waals surface area contributed by atoms with Gasteiger partial charge in [-0.2, -0.15) is 5.10 Å². The van der Waals surface area contributed by atoms with Crippen LogP contribution in [0.3, 0.4) is 0 Å². The van der Waals surface area contributed by atoms with Gasteiger partial charge in [-0.15, -0.1) is 0 Å². The third kappa shape index (κ3) is 4.33. The predicted molar refractivity (Wildman–Crippen MR) is 121 cm³/mol. The van der Waals surface area contributed by atoms with E-state index < -0.39 is 0 Å². The lowest BCUT2D eigenvalue weighted by molar-refractivity contribution is 0.689. The molecule has 0 aliphatic carbocycles. The van der Waals surface area contributed by atoms with Crippen LogP contribution in [0, 0.1) is 6.07 Å². The highest BCUT2D eigenvalue weighted by atomic mass is 15.3. The van der Waals surface area contributed by atoms with Gasteiger partial charge in [0.15, 0.2) is 0 Å². The summed E-state index contributed by atoms with van der Waals surface area (Å²) in [5, 5.41) is 8.10. The fourth-order valence-corrected chi connectivity index (χ4v) is 3.34. The maximum Gasteiger partial charge on any atom is 0.227 e. The molecule has 6 nitrogen and oxygen atoms in total. The molecule has 149 valence electrons. The summed E-state index contributed by atoms with van der Waals surface area (Å²) in [6.45, 7) is 0.671. The molecule has 31 heavy (non-hydrogen) atoms. The zero-order valence-corrected chi connectivity index (χ0v) is 16.7. The third-order valence-corrected chi connectivity index (χ3v) is 4.79. The Morgan fingerprint density at radius 1 is 0.903 bits per heavy atom. The summed E-state index contributed by atoms with van der Waals surface area (Å²) in [6, 6.07) is 26.6. The number of aromatic nitrogens is 5. The molecule has 1 radical (unpaired) electrons. The molecule has 1 N–H and O–H groups in total. The van der Waals surface area contributed by atoms with E-state index in [2.05, 4.69) is 33.5 Å². The highest BCUT2D eigenvalue weighted by Gasteiger charge is 2.15. The van der Waals surface area contributed by atoms with Crippen LogP contribution in [0.4, 0.5) is 11.6 Å². The molecule has 0 saturated carbocycles. The molecule has 5 rings (SSSR count). The second kappa shape index (κ2) is 8.59. The van der Waals surface area contributed by atoms with E-state index in [0.717, 1.165) is 28.2 Å². The number of benzene rings is 2. The monoisotopic (exact) mass is 403 g/mol. The summed E-state index contributed by atoms with van der Waals surface area (Å²) in [6.07, 6.45) is 7.36. The largest absolute Gasteiger partial charge is 0.324 e. The smallest absolute Gasteiger partial charge is 0.227 e. The minimum absolute atomic E-state index is 0.525. The summed E-state index contributed by atoms with van der Waals surface area (Å²) >= 11 is 0. The summed E-state index contributed by atoms with van der Waals surface area (Å²) in [5.74, 6) is 0.525. The zero-order chi connectivity index (χ0) is 20.9. The molecular weight excluding hydrogens is 384 g/mol. The van der Waals surface area contributed by atoms with Crippen LogP contribution in [0.2, 0.25) is 0 Å². The van der Waals surface area contributed by atoms with Crippen molar-refractivity contribution in [3.05, 3.63) is 109 Å². The minimum Gasteiger partial charge on any atom is -0.324 e. The van der Waals surface area contributed by atoms with E-state index in [1.54, 1.807) is 12.4 Å². The minimum atomic E-state index is 0.525. The Bertz CT molecular complexity index is 1270. The maximum atomic E-state index is 4.86. The van der Waals surface area contributed by atoms with Gasteiger partial charge in [-0.05, 0) is 42.0 Å². The van der Waals surface area contributed by atoms with Crippen molar-refractivity contribution in [2.45, 2.75) is 6.54 Å². The van der Waals surface area contributed by atoms with Crippen LogP contribution in [-0.4, -0.2) is 24.7 Å². The van der Waals surface area contributed by atoms with Gasteiger partial charge in [0.05, 0.1) is 12.2 Å². The fraction of sp³-hybridized carbons (Fsp3) is 0.0400. The van der Waals surface area contributed by atoms with Gasteiger partial charge in [0.1, 0.15) is 5.69 Å². The molecule has 0 spiro atoms. The van der Waals surface area contributed by atoms with E-state index in [1.165, 1.54) is 5.56 Å². The van der Waals surface area contributed by atoms with Crippen LogP contribution in [0.5, 0.6) is 0 Å². The molecule has 0 fully saturated rings. The highest BCUT2D eigenvalue weighted by molar-refractivity contribution is 5.78. The van der Waals surface area contributed by atoms with Gasteiger partial charge < -0.3 is 5.32 Å². The Morgan fingerprint density at radius 3 is 2.58 bits per heavy atom. The average molecular weight is 403 g/mol. The number of pyridine rings is 1. The van der Waals surface area contributed by atoms with Crippen molar-refractivity contribution in [3.8, 4) is 22.5 Å². The van der Waals surface area contributed by atoms with Crippen molar-refractivity contribution in [3.63, 3.8) is 0 Å². The molecular formula is C25H19N6. The van der Waals surface area contributed by atoms with Crippen LogP contribution < -0.4 is 5.32 Å². The van der Waals surface area contributed by atoms with E-state index in [9.17, 15) is 0 Å². The van der Waals surface area contributed by atoms with Gasteiger partial charge in [-0.3, -0.25) is 9.67 Å². The Morgan fingerprint density at radius 2 is 1.77 bits per heavy atom. The number of anilines is 2. The highest BCUT2D eigenvalue weighted by Crippen LogP contribution is 2.30. The Balaban J connectivity index is 1.54. The first kappa shape index (κ1) is 18.7. The van der Waals surface area contributed by atoms with Gasteiger partial charge in [0.25, 0.3) is 0 Å². The zero-order valence-electron chi connectivity index (χ0n) is 16.7. The predicted octanol–water partition coefficient (Wildman–Crippen LogP) is 4.99. The normalized spacial score (nSPS) is 10.7. The Kier molecular flexibility index (Phi) is 5.18. The summed E-state index contributed by atoms with van der Waals surface area (Å²) < 4.78 is 1.94. The molecule has 0 amide bonds. The summed E-state index contributed by atoms with van der Waals surface area (Å²) in [7, 11) is 0. The van der Waals surface area contributed by atoms with Crippen molar-refractivity contribution >= 4 is 11.6 Å². The number of hydrogen-bond donors (Lipinski definition) is 1. The SMILES string of the molecule is [c]1ccc(Nc2nccc(-c3cn(Cc4ccccc4)nc3-c3cccnc3)n2)cc1. The molecule has 0 saturated heterocycles. The molecule has 0 unspecified atom stereocenters. The lowest BCUT2D eigenvalue weighted by Crippen LogP contribution is -2.00. The second-order valence-corrected chi connectivity index (χ2v) is 7.00. The molecule has 5 aromatic rings. The molecule has 3 heterocycles. The van der Waals surface area contributed by atoms with Crippen molar-refractivity contribution in [1.29, 1.82) is 0 Å². The Hall–Kier alpha value is -4.32. The van der Waals surface area contributed by atoms with Crippen molar-refractivity contribution < 1.29 is 0 Å². The number of rotatable bonds is 6. The second-order valence-electron chi connectivity index (χ2n) is 7.00. The van der Waals surface area contributed by atoms with Crippen LogP contribution in [0.15, 0.2) is 97.6 Å². The first-order chi connectivity index (χ1) is 15.3. The topological polar surface area (TPSA) is 68.5 Å². The average Bonchev–Trinajstić information content (AvgIpc) is 3.25. The quantitative estimate of drug-likeness (QED) is 0.432. The Labute approximate surface area is 180 Å². The lowest BCUT2D eigenvalue weighted by atomic mass is 10.1. The molecule has 0 bridgehead atoms. The van der Waals surface area contributed by atoms with E-state index in [4.69, 9.17) is 10.1 Å². The number of hydrogen-bond acceptors (Lipinski definition) is 5. The summed E-state index contributed by atoms with van der Waals surface area (Å²) in [5.41, 5.74) is 5.58. The van der Waals surface area contributed by atoms with Gasteiger partial charge in [-0.1, -0.05) is 42.5 Å². The molecule has 0 aliphatic heterocycles. The first-order valence-corrected chi connectivity index (χ1v) is 9.93. The van der Waals surface area contributed by atoms with E-state index >= 15 is 0 Å². The van der Waals surface area contributed by atoms with Crippen molar-refractivity contribution in [2.24, 2.45) is 0 Å². The molecule has 0 atom stereocenters. The van der Waals surface area contributed by atoms with Crippen molar-refractivity contribution in [1.82, 2.24) is 24.7 Å². The van der Waals surface area contributed by atoms with E-state index in [1.807, 2.05) is 77.7 Å². The van der Waals surface area contributed by atoms with E-state index in [-0.39, 0.29) is 0 Å².